The Bertz CT molecular complexity index is 643. The number of hydrogen-bond donors (Lipinski definition) is 5. The first kappa shape index (κ1) is 21.3. The number of rotatable bonds is 7. The van der Waals surface area contributed by atoms with Gasteiger partial charge in [0.2, 0.25) is 0 Å². The molecule has 0 radical (unpaired) electrons. The van der Waals surface area contributed by atoms with E-state index >= 15 is 0 Å². The van der Waals surface area contributed by atoms with Gasteiger partial charge in [-0.25, -0.2) is 4.79 Å². The molecule has 0 amide bonds. The highest BCUT2D eigenvalue weighted by Crippen LogP contribution is 2.23. The number of aliphatic hydroxyl groups excluding tert-OH is 4. The molecule has 1 aliphatic rings. The zero-order chi connectivity index (χ0) is 20.0. The minimum absolute atomic E-state index is 0.000211. The van der Waals surface area contributed by atoms with Gasteiger partial charge in [0.25, 0.3) is 0 Å². The van der Waals surface area contributed by atoms with Crippen LogP contribution in [0.15, 0.2) is 35.9 Å². The fourth-order valence-corrected chi connectivity index (χ4v) is 2.46. The average molecular weight is 384 g/mol. The second-order valence-corrected chi connectivity index (χ2v) is 6.20. The zero-order valence-electron chi connectivity index (χ0n) is 14.8. The van der Waals surface area contributed by atoms with Gasteiger partial charge >= 0.3 is 5.97 Å². The number of esters is 1. The van der Waals surface area contributed by atoms with E-state index in [1.807, 2.05) is 0 Å². The number of aliphatic hydroxyl groups is 4. The lowest BCUT2D eigenvalue weighted by Crippen LogP contribution is -2.59. The topological polar surface area (TPSA) is 146 Å². The van der Waals surface area contributed by atoms with Crippen LogP contribution in [0.4, 0.5) is 0 Å². The predicted octanol–water partition coefficient (Wildman–Crippen LogP) is -0.688. The minimum atomic E-state index is -1.55. The lowest BCUT2D eigenvalue weighted by atomic mass is 9.99. The Hall–Kier alpha value is -2.01. The first-order valence-electron chi connectivity index (χ1n) is 8.37. The summed E-state index contributed by atoms with van der Waals surface area (Å²) in [6.07, 6.45) is -5.38. The Balaban J connectivity index is 1.95. The molecular weight excluding hydrogens is 360 g/mol. The maximum atomic E-state index is 12.0. The number of carbonyl (C=O) groups excluding carboxylic acids is 1. The number of carbonyl (C=O) groups is 1. The molecule has 1 fully saturated rings. The van der Waals surface area contributed by atoms with Crippen LogP contribution in [0.2, 0.25) is 0 Å². The van der Waals surface area contributed by atoms with E-state index in [4.69, 9.17) is 19.3 Å². The van der Waals surface area contributed by atoms with Gasteiger partial charge in [-0.2, -0.15) is 0 Å². The van der Waals surface area contributed by atoms with Gasteiger partial charge in [0.05, 0.1) is 18.8 Å². The van der Waals surface area contributed by atoms with E-state index in [9.17, 15) is 25.2 Å². The van der Waals surface area contributed by atoms with Crippen LogP contribution in [-0.4, -0.2) is 82.0 Å². The van der Waals surface area contributed by atoms with Crippen molar-refractivity contribution in [2.75, 3.05) is 19.8 Å². The van der Waals surface area contributed by atoms with Crippen molar-refractivity contribution in [2.45, 2.75) is 37.6 Å². The molecule has 2 rings (SSSR count). The third-order valence-electron chi connectivity index (χ3n) is 4.07. The summed E-state index contributed by atoms with van der Waals surface area (Å²) in [5.74, 6) is -0.703. The van der Waals surface area contributed by atoms with Crippen LogP contribution in [-0.2, 0) is 14.2 Å². The van der Waals surface area contributed by atoms with Gasteiger partial charge in [0.1, 0.15) is 36.8 Å². The van der Waals surface area contributed by atoms with Crippen LogP contribution in [0.3, 0.4) is 0 Å². The molecule has 0 bridgehead atoms. The van der Waals surface area contributed by atoms with E-state index in [1.54, 1.807) is 6.92 Å². The molecule has 1 saturated heterocycles. The summed E-state index contributed by atoms with van der Waals surface area (Å²) < 4.78 is 15.9. The second-order valence-electron chi connectivity index (χ2n) is 6.20. The highest BCUT2D eigenvalue weighted by atomic mass is 16.7. The molecule has 5 N–H and O–H groups in total. The molecule has 0 unspecified atom stereocenters. The summed E-state index contributed by atoms with van der Waals surface area (Å²) in [6, 6.07) is 5.40. The van der Waals surface area contributed by atoms with Crippen molar-refractivity contribution in [3.8, 4) is 5.75 Å². The molecule has 1 heterocycles. The molecular formula is C18H24O9. The molecule has 0 saturated carbocycles. The van der Waals surface area contributed by atoms with Gasteiger partial charge in [-0.15, -0.1) is 0 Å². The first-order chi connectivity index (χ1) is 12.8. The normalized spacial score (nSPS) is 28.8. The van der Waals surface area contributed by atoms with E-state index in [-0.39, 0.29) is 31.1 Å². The minimum Gasteiger partial charge on any atom is -0.508 e. The van der Waals surface area contributed by atoms with Crippen molar-refractivity contribution in [1.29, 1.82) is 0 Å². The van der Waals surface area contributed by atoms with Crippen molar-refractivity contribution in [3.05, 3.63) is 41.5 Å². The molecule has 5 atom stereocenters. The highest BCUT2D eigenvalue weighted by molar-refractivity contribution is 5.89. The van der Waals surface area contributed by atoms with Crippen LogP contribution < -0.4 is 0 Å². The summed E-state index contributed by atoms with van der Waals surface area (Å²) in [4.78, 5) is 12.0. The molecule has 150 valence electrons. The molecule has 1 aromatic rings. The van der Waals surface area contributed by atoms with Crippen molar-refractivity contribution >= 4 is 5.97 Å². The lowest BCUT2D eigenvalue weighted by Gasteiger charge is -2.40. The maximum Gasteiger partial charge on any atom is 0.338 e. The molecule has 1 aromatic carbocycles. The van der Waals surface area contributed by atoms with Crippen molar-refractivity contribution in [2.24, 2.45) is 0 Å². The summed E-state index contributed by atoms with van der Waals surface area (Å²) >= 11 is 0. The van der Waals surface area contributed by atoms with Gasteiger partial charge in [0, 0.05) is 0 Å². The van der Waals surface area contributed by atoms with Crippen LogP contribution in [0.1, 0.15) is 17.3 Å². The summed E-state index contributed by atoms with van der Waals surface area (Å²) in [6.45, 7) is 1.19. The third kappa shape index (κ3) is 5.73. The number of phenolic OH excluding ortho intramolecular Hbond substituents is 1. The second kappa shape index (κ2) is 9.79. The van der Waals surface area contributed by atoms with Gasteiger partial charge in [-0.1, -0.05) is 6.08 Å². The monoisotopic (exact) mass is 384 g/mol. The summed E-state index contributed by atoms with van der Waals surface area (Å²) in [5.41, 5.74) is 0.875. The van der Waals surface area contributed by atoms with Crippen LogP contribution >= 0.6 is 0 Å². The van der Waals surface area contributed by atoms with Crippen LogP contribution in [0.5, 0.6) is 5.75 Å². The van der Waals surface area contributed by atoms with E-state index < -0.39 is 36.7 Å². The van der Waals surface area contributed by atoms with Gasteiger partial charge in [-0.3, -0.25) is 0 Å². The molecule has 9 heteroatoms. The van der Waals surface area contributed by atoms with Crippen LogP contribution in [0.25, 0.3) is 0 Å². The van der Waals surface area contributed by atoms with Crippen molar-refractivity contribution in [1.82, 2.24) is 0 Å². The standard InChI is InChI=1S/C18H24O9/c1-10(6-7-19)8-26-18-16(23)15(22)14(21)13(27-18)9-25-17(24)11-2-4-12(20)5-3-11/h2-6,13-16,18-23H,7-9H2,1H3/t13-,14-,15+,16-,18-/m1/s1. The van der Waals surface area contributed by atoms with Crippen molar-refractivity contribution in [3.63, 3.8) is 0 Å². The van der Waals surface area contributed by atoms with Gasteiger partial charge in [0.15, 0.2) is 6.29 Å². The maximum absolute atomic E-state index is 12.0. The molecule has 0 aromatic heterocycles. The zero-order valence-corrected chi connectivity index (χ0v) is 14.8. The molecule has 0 aliphatic carbocycles. The fourth-order valence-electron chi connectivity index (χ4n) is 2.46. The SMILES string of the molecule is CC(=CCO)CO[C@@H]1O[C@H](COC(=O)c2ccc(O)cc2)[C@@H](O)[C@H](O)[C@H]1O. The number of ether oxygens (including phenoxy) is 3. The quantitative estimate of drug-likeness (QED) is 0.304. The lowest BCUT2D eigenvalue weighted by molar-refractivity contribution is -0.298. The number of aromatic hydroxyl groups is 1. The molecule has 27 heavy (non-hydrogen) atoms. The number of benzene rings is 1. The Morgan fingerprint density at radius 2 is 1.81 bits per heavy atom. The Morgan fingerprint density at radius 3 is 2.44 bits per heavy atom. The molecule has 0 spiro atoms. The Kier molecular flexibility index (Phi) is 7.72. The average Bonchev–Trinajstić information content (AvgIpc) is 2.65. The fraction of sp³-hybridized carbons (Fsp3) is 0.500. The molecule has 1 aliphatic heterocycles. The van der Waals surface area contributed by atoms with E-state index in [1.165, 1.54) is 30.3 Å². The van der Waals surface area contributed by atoms with E-state index in [0.717, 1.165) is 0 Å². The molecule has 9 nitrogen and oxygen atoms in total. The van der Waals surface area contributed by atoms with Crippen LogP contribution in [0, 0.1) is 0 Å². The smallest absolute Gasteiger partial charge is 0.338 e. The first-order valence-corrected chi connectivity index (χ1v) is 8.37. The third-order valence-corrected chi connectivity index (χ3v) is 4.07. The Labute approximate surface area is 156 Å². The highest BCUT2D eigenvalue weighted by Gasteiger charge is 2.44. The van der Waals surface area contributed by atoms with Gasteiger partial charge < -0.3 is 39.7 Å². The number of phenols is 1. The van der Waals surface area contributed by atoms with E-state index in [0.29, 0.717) is 5.57 Å². The number of hydrogen-bond acceptors (Lipinski definition) is 9. The predicted molar refractivity (Wildman–Crippen MR) is 91.9 cm³/mol. The summed E-state index contributed by atoms with van der Waals surface area (Å²) in [5, 5.41) is 48.1. The van der Waals surface area contributed by atoms with Gasteiger partial charge in [-0.05, 0) is 36.8 Å². The largest absolute Gasteiger partial charge is 0.508 e. The summed E-state index contributed by atoms with van der Waals surface area (Å²) in [7, 11) is 0. The van der Waals surface area contributed by atoms with E-state index in [2.05, 4.69) is 0 Å². The Morgan fingerprint density at radius 1 is 1.15 bits per heavy atom. The van der Waals surface area contributed by atoms with Crippen molar-refractivity contribution < 1.29 is 44.5 Å².